The summed E-state index contributed by atoms with van der Waals surface area (Å²) in [5.74, 6) is 0. The lowest BCUT2D eigenvalue weighted by Gasteiger charge is -2.49. The molecule has 0 aliphatic heterocycles. The second kappa shape index (κ2) is 3.49. The average Bonchev–Trinajstić information content (AvgIpc) is 1.43. The molecule has 0 rings (SSSR count). The molecule has 0 saturated carbocycles. The fourth-order valence-electron chi connectivity index (χ4n) is 1.49. The van der Waals surface area contributed by atoms with E-state index in [1.165, 1.54) is 35.2 Å². The highest BCUT2D eigenvalue weighted by molar-refractivity contribution is 4.28. The minimum absolute atomic E-state index is 0.149. The fraction of sp³-hybridized carbons (Fsp3) is 1.00. The van der Waals surface area contributed by atoms with Crippen LogP contribution in [0.25, 0.3) is 0 Å². The predicted octanol–water partition coefficient (Wildman–Crippen LogP) is -0.00580. The van der Waals surface area contributed by atoms with E-state index in [9.17, 15) is 15.6 Å². The zero-order chi connectivity index (χ0) is 10.9. The van der Waals surface area contributed by atoms with Crippen LogP contribution in [0.2, 0.25) is 0 Å². The smallest absolute Gasteiger partial charge is 0.210 e. The molecule has 0 aromatic heterocycles. The van der Waals surface area contributed by atoms with Crippen molar-refractivity contribution in [1.29, 1.82) is 0 Å². The zero-order valence-corrected chi connectivity index (χ0v) is 8.98. The van der Waals surface area contributed by atoms with E-state index < -0.39 is 13.9 Å². The summed E-state index contributed by atoms with van der Waals surface area (Å²) in [5.41, 5.74) is 0. The van der Waals surface area contributed by atoms with Crippen LogP contribution in [0.15, 0.2) is 0 Å². The Bertz CT molecular complexity index is 151. The first-order valence-electron chi connectivity index (χ1n) is 4.05. The molecule has 0 spiro atoms. The standard InChI is InChI=1S/C7H19N3O3/c1-8(2,11)6-10(5,13)7-9(3,4)12/h6-7H2,1-5H3. The van der Waals surface area contributed by atoms with Gasteiger partial charge in [-0.2, -0.15) is 0 Å². The van der Waals surface area contributed by atoms with E-state index >= 15 is 0 Å². The van der Waals surface area contributed by atoms with Gasteiger partial charge in [-0.25, -0.2) is 0 Å². The first-order valence-corrected chi connectivity index (χ1v) is 4.05. The lowest BCUT2D eigenvalue weighted by atomic mass is 10.6. The van der Waals surface area contributed by atoms with E-state index in [1.807, 2.05) is 0 Å². The molecule has 0 aromatic rings. The Morgan fingerprint density at radius 1 is 0.692 bits per heavy atom. The summed E-state index contributed by atoms with van der Waals surface area (Å²) in [6, 6.07) is 0. The largest absolute Gasteiger partial charge is 0.629 e. The van der Waals surface area contributed by atoms with Gasteiger partial charge in [0.25, 0.3) is 0 Å². The van der Waals surface area contributed by atoms with Gasteiger partial charge in [0.2, 0.25) is 13.3 Å². The molecular weight excluding hydrogens is 174 g/mol. The average molecular weight is 193 g/mol. The number of quaternary nitrogens is 3. The Morgan fingerprint density at radius 3 is 1.08 bits per heavy atom. The third kappa shape index (κ3) is 8.10. The highest BCUT2D eigenvalue weighted by Crippen LogP contribution is 2.09. The van der Waals surface area contributed by atoms with Crippen LogP contribution in [-0.4, -0.2) is 62.5 Å². The van der Waals surface area contributed by atoms with Crippen LogP contribution in [0.1, 0.15) is 0 Å². The van der Waals surface area contributed by atoms with Gasteiger partial charge < -0.3 is 24.9 Å². The molecule has 0 amide bonds. The van der Waals surface area contributed by atoms with Crippen molar-refractivity contribution in [3.8, 4) is 0 Å². The summed E-state index contributed by atoms with van der Waals surface area (Å²) >= 11 is 0. The molecule has 0 fully saturated rings. The number of hydroxylamine groups is 9. The summed E-state index contributed by atoms with van der Waals surface area (Å²) in [7, 11) is 6.90. The minimum atomic E-state index is -0.812. The minimum Gasteiger partial charge on any atom is -0.629 e. The van der Waals surface area contributed by atoms with Crippen LogP contribution >= 0.6 is 0 Å². The van der Waals surface area contributed by atoms with Crippen molar-refractivity contribution in [2.45, 2.75) is 0 Å². The number of rotatable bonds is 4. The summed E-state index contributed by atoms with van der Waals surface area (Å²) in [6.07, 6.45) is 0. The summed E-state index contributed by atoms with van der Waals surface area (Å²) < 4.78 is -2.17. The van der Waals surface area contributed by atoms with Crippen LogP contribution in [0, 0.1) is 15.6 Å². The van der Waals surface area contributed by atoms with Crippen molar-refractivity contribution in [3.63, 3.8) is 0 Å². The van der Waals surface area contributed by atoms with Gasteiger partial charge in [-0.05, 0) is 0 Å². The van der Waals surface area contributed by atoms with Crippen LogP contribution in [0.4, 0.5) is 0 Å². The molecule has 13 heavy (non-hydrogen) atoms. The number of nitrogens with zero attached hydrogens (tertiary/aromatic N) is 3. The number of hydrogen-bond acceptors (Lipinski definition) is 3. The third-order valence-corrected chi connectivity index (χ3v) is 1.28. The quantitative estimate of drug-likeness (QED) is 0.358. The maximum atomic E-state index is 11.6. The Labute approximate surface area is 79.1 Å². The maximum absolute atomic E-state index is 11.6. The molecule has 6 heteroatoms. The maximum Gasteiger partial charge on any atom is 0.210 e. The molecular formula is C7H19N3O3. The third-order valence-electron chi connectivity index (χ3n) is 1.28. The molecule has 0 bridgehead atoms. The fourth-order valence-corrected chi connectivity index (χ4v) is 1.49. The van der Waals surface area contributed by atoms with Crippen LogP contribution < -0.4 is 0 Å². The molecule has 0 aliphatic rings. The van der Waals surface area contributed by atoms with Crippen molar-refractivity contribution in [2.24, 2.45) is 0 Å². The molecule has 80 valence electrons. The van der Waals surface area contributed by atoms with Gasteiger partial charge >= 0.3 is 0 Å². The summed E-state index contributed by atoms with van der Waals surface area (Å²) in [5, 5.41) is 34.1. The van der Waals surface area contributed by atoms with Crippen LogP contribution in [-0.2, 0) is 0 Å². The molecule has 0 N–H and O–H groups in total. The highest BCUT2D eigenvalue weighted by Gasteiger charge is 2.22. The van der Waals surface area contributed by atoms with E-state index in [4.69, 9.17) is 0 Å². The molecule has 6 nitrogen and oxygen atoms in total. The second-order valence-corrected chi connectivity index (χ2v) is 4.73. The van der Waals surface area contributed by atoms with Gasteiger partial charge in [0.05, 0.1) is 35.2 Å². The van der Waals surface area contributed by atoms with E-state index in [0.29, 0.717) is 0 Å². The van der Waals surface area contributed by atoms with Crippen molar-refractivity contribution in [3.05, 3.63) is 15.6 Å². The van der Waals surface area contributed by atoms with E-state index in [2.05, 4.69) is 0 Å². The van der Waals surface area contributed by atoms with Crippen molar-refractivity contribution >= 4 is 0 Å². The first-order chi connectivity index (χ1) is 5.41. The van der Waals surface area contributed by atoms with Crippen molar-refractivity contribution in [1.82, 2.24) is 0 Å². The molecule has 0 aliphatic carbocycles. The van der Waals surface area contributed by atoms with Crippen LogP contribution in [0.3, 0.4) is 0 Å². The van der Waals surface area contributed by atoms with E-state index in [1.54, 1.807) is 0 Å². The Morgan fingerprint density at radius 2 is 0.923 bits per heavy atom. The molecule has 0 radical (unpaired) electrons. The van der Waals surface area contributed by atoms with Gasteiger partial charge in [-0.3, -0.25) is 4.65 Å². The van der Waals surface area contributed by atoms with Crippen LogP contribution in [0.5, 0.6) is 0 Å². The lowest BCUT2D eigenvalue weighted by Crippen LogP contribution is -2.58. The number of hydrogen-bond donors (Lipinski definition) is 0. The topological polar surface area (TPSA) is 69.2 Å². The van der Waals surface area contributed by atoms with Gasteiger partial charge in [0.1, 0.15) is 0 Å². The normalized spacial score (nSPS) is 14.8. The van der Waals surface area contributed by atoms with Gasteiger partial charge in [0, 0.05) is 0 Å². The SMILES string of the molecule is C[N+](C)([O-])C[N+](C)([O-])C[N+](C)(C)[O-]. The molecule has 0 atom stereocenters. The zero-order valence-electron chi connectivity index (χ0n) is 8.98. The molecule has 0 unspecified atom stereocenters. The predicted molar refractivity (Wildman–Crippen MR) is 50.2 cm³/mol. The second-order valence-electron chi connectivity index (χ2n) is 4.73. The Kier molecular flexibility index (Phi) is 3.42. The lowest BCUT2D eigenvalue weighted by molar-refractivity contribution is -1.11. The monoisotopic (exact) mass is 193 g/mol. The molecule has 0 heterocycles. The van der Waals surface area contributed by atoms with Gasteiger partial charge in [-0.15, -0.1) is 0 Å². The van der Waals surface area contributed by atoms with E-state index in [0.717, 1.165) is 0 Å². The van der Waals surface area contributed by atoms with Gasteiger partial charge in [0.15, 0.2) is 0 Å². The van der Waals surface area contributed by atoms with Gasteiger partial charge in [-0.1, -0.05) is 0 Å². The van der Waals surface area contributed by atoms with Crippen molar-refractivity contribution in [2.75, 3.05) is 48.6 Å². The van der Waals surface area contributed by atoms with E-state index in [-0.39, 0.29) is 13.3 Å². The molecule has 0 saturated heterocycles. The summed E-state index contributed by atoms with van der Waals surface area (Å²) in [4.78, 5) is 0. The molecule has 0 aromatic carbocycles. The highest BCUT2D eigenvalue weighted by atomic mass is 16.6. The summed E-state index contributed by atoms with van der Waals surface area (Å²) in [6.45, 7) is -0.298. The van der Waals surface area contributed by atoms with Crippen molar-refractivity contribution < 1.29 is 13.9 Å². The Balaban J connectivity index is 4.25. The first kappa shape index (κ1) is 12.8. The Hall–Kier alpha value is -0.240.